The number of hydrogen-bond acceptors (Lipinski definition) is 26. The summed E-state index contributed by atoms with van der Waals surface area (Å²) in [7, 11) is 0. The lowest BCUT2D eigenvalue weighted by Crippen LogP contribution is -2.66. The number of phenolic OH excluding ortho intramolecular Hbond substituents is 3. The summed E-state index contributed by atoms with van der Waals surface area (Å²) in [5, 5.41) is 139. The average molecular weight is 1670 g/mol. The van der Waals surface area contributed by atoms with Crippen molar-refractivity contribution >= 4 is 76.2 Å². The van der Waals surface area contributed by atoms with E-state index >= 15 is 19.2 Å². The number of nitrogens with one attached hydrogen (secondary N) is 5. The molecule has 7 aliphatic rings. The van der Waals surface area contributed by atoms with Crippen LogP contribution in [0.2, 0.25) is 10.0 Å². The van der Waals surface area contributed by atoms with E-state index in [0.29, 0.717) is 12.8 Å². The quantitative estimate of drug-likeness (QED) is 0.0241. The number of ether oxygens (including phenoxy) is 7. The van der Waals surface area contributed by atoms with Gasteiger partial charge in [0.05, 0.1) is 40.7 Å². The number of aliphatic hydroxyl groups is 6. The van der Waals surface area contributed by atoms with E-state index in [-0.39, 0.29) is 59.4 Å². The van der Waals surface area contributed by atoms with Crippen LogP contribution in [0.5, 0.6) is 46.0 Å². The molecule has 19 atom stereocenters. The molecule has 636 valence electrons. The molecule has 7 aliphatic heterocycles. The maximum absolute atomic E-state index is 16.3. The van der Waals surface area contributed by atoms with E-state index in [4.69, 9.17) is 62.1 Å². The summed E-state index contributed by atoms with van der Waals surface area (Å²) in [5.74, 6) is -20.7. The topological polar surface area (TPSA) is 527 Å². The van der Waals surface area contributed by atoms with Gasteiger partial charge in [-0.1, -0.05) is 114 Å². The van der Waals surface area contributed by atoms with Crippen LogP contribution < -0.4 is 46.5 Å². The van der Waals surface area contributed by atoms with Gasteiger partial charge in [-0.2, -0.15) is 0 Å². The number of phenols is 3. The summed E-state index contributed by atoms with van der Waals surface area (Å²) in [4.78, 5) is 131. The lowest BCUT2D eigenvalue weighted by atomic mass is 9.84. The van der Waals surface area contributed by atoms with Crippen molar-refractivity contribution in [3.05, 3.63) is 117 Å². The zero-order valence-corrected chi connectivity index (χ0v) is 66.8. The molecule has 0 aliphatic carbocycles. The maximum atomic E-state index is 16.3. The van der Waals surface area contributed by atoms with Gasteiger partial charge in [0.25, 0.3) is 0 Å². The van der Waals surface area contributed by atoms with E-state index in [1.165, 1.54) is 25.1 Å². The molecule has 117 heavy (non-hydrogen) atoms. The monoisotopic (exact) mass is 1670 g/mol. The molecule has 5 amide bonds. The van der Waals surface area contributed by atoms with Gasteiger partial charge >= 0.3 is 11.9 Å². The second kappa shape index (κ2) is 39.5. The molecule has 0 radical (unpaired) electrons. The van der Waals surface area contributed by atoms with Crippen LogP contribution in [-0.2, 0) is 62.1 Å². The number of primary amides is 1. The van der Waals surface area contributed by atoms with Gasteiger partial charge in [-0.05, 0) is 116 Å². The van der Waals surface area contributed by atoms with E-state index in [1.807, 2.05) is 13.8 Å². The van der Waals surface area contributed by atoms with Crippen LogP contribution in [0, 0.1) is 17.8 Å². The van der Waals surface area contributed by atoms with Crippen LogP contribution in [-0.4, -0.2) is 202 Å². The Labute approximate surface area is 683 Å². The number of nitrogens with two attached hydrogens (primary N) is 1. The van der Waals surface area contributed by atoms with Crippen molar-refractivity contribution in [2.75, 3.05) is 19.8 Å². The molecule has 0 saturated carbocycles. The number of carbonyl (C=O) groups is 9. The predicted octanol–water partition coefficient (Wildman–Crippen LogP) is 6.76. The van der Waals surface area contributed by atoms with Gasteiger partial charge in [-0.25, -0.2) is 9.59 Å². The number of rotatable bonds is 27. The van der Waals surface area contributed by atoms with E-state index in [0.717, 1.165) is 106 Å². The Bertz CT molecular complexity index is 4480. The molecule has 33 nitrogen and oxygen atoms in total. The van der Waals surface area contributed by atoms with E-state index < -0.39 is 261 Å². The summed E-state index contributed by atoms with van der Waals surface area (Å²) in [5.41, 5.74) is 1.84. The first-order valence-corrected chi connectivity index (χ1v) is 39.8. The Kier molecular flexibility index (Phi) is 30.4. The van der Waals surface area contributed by atoms with Crippen LogP contribution in [0.25, 0.3) is 11.1 Å². The van der Waals surface area contributed by atoms with Crippen LogP contribution in [0.4, 0.5) is 0 Å². The zero-order valence-electron chi connectivity index (χ0n) is 65.3. The molecule has 0 spiro atoms. The third-order valence-corrected chi connectivity index (χ3v) is 22.4. The Hall–Kier alpha value is -9.33. The van der Waals surface area contributed by atoms with Gasteiger partial charge in [0.1, 0.15) is 77.4 Å². The summed E-state index contributed by atoms with van der Waals surface area (Å²) < 4.78 is 45.2. The summed E-state index contributed by atoms with van der Waals surface area (Å²) in [6.45, 7) is 9.47. The largest absolute Gasteiger partial charge is 0.508 e. The lowest BCUT2D eigenvalue weighted by molar-refractivity contribution is -0.334. The minimum atomic E-state index is -2.27. The Morgan fingerprint density at radius 3 is 1.93 bits per heavy atom. The Balaban J connectivity index is 1.16. The normalized spacial score (nSPS) is 27.4. The van der Waals surface area contributed by atoms with Crippen LogP contribution in [0.1, 0.15) is 189 Å². The first-order chi connectivity index (χ1) is 55.5. The number of amides is 5. The number of aliphatic carboxylic acids is 2. The molecule has 5 aromatic carbocycles. The summed E-state index contributed by atoms with van der Waals surface area (Å²) in [6.07, 6.45) is -14.4. The zero-order chi connectivity index (χ0) is 85.2. The Morgan fingerprint density at radius 1 is 0.701 bits per heavy atom. The number of unbranched alkanes of at least 4 members (excludes halogenated alkanes) is 7. The highest BCUT2D eigenvalue weighted by Crippen LogP contribution is 2.51. The van der Waals surface area contributed by atoms with E-state index in [9.17, 15) is 80.1 Å². The fourth-order valence-electron chi connectivity index (χ4n) is 15.4. The predicted molar refractivity (Wildman–Crippen MR) is 417 cm³/mol. The lowest BCUT2D eigenvalue weighted by Gasteiger charge is -2.48. The molecule has 11 bridgehead atoms. The van der Waals surface area contributed by atoms with Gasteiger partial charge < -0.3 is 122 Å². The number of carbonyl (C=O) groups excluding carboxylic acids is 7. The first-order valence-electron chi connectivity index (χ1n) is 39.1. The van der Waals surface area contributed by atoms with Crippen molar-refractivity contribution in [1.29, 1.82) is 0 Å². The van der Waals surface area contributed by atoms with Crippen molar-refractivity contribution < 1.29 is 132 Å². The third-order valence-electron chi connectivity index (χ3n) is 21.9. The van der Waals surface area contributed by atoms with Crippen molar-refractivity contribution in [3.8, 4) is 57.1 Å². The Morgan fingerprint density at radius 2 is 1.33 bits per heavy atom. The highest BCUT2D eigenvalue weighted by molar-refractivity contribution is 6.32. The second-order valence-corrected chi connectivity index (χ2v) is 31.8. The fraction of sp³-hybridized carbons (Fsp3) is 0.524. The third kappa shape index (κ3) is 21.4. The number of fused-ring (bicyclic) bond motifs is 15. The minimum Gasteiger partial charge on any atom is -0.508 e. The molecule has 18 N–H and O–H groups in total. The molecular weight excluding hydrogens is 1570 g/mol. The van der Waals surface area contributed by atoms with Crippen LogP contribution in [0.15, 0.2) is 78.9 Å². The maximum Gasteiger partial charge on any atom is 0.334 e. The highest BCUT2D eigenvalue weighted by Gasteiger charge is 2.53. The van der Waals surface area contributed by atoms with E-state index in [2.05, 4.69) is 33.5 Å². The number of halogens is 2. The van der Waals surface area contributed by atoms with Gasteiger partial charge in [0.15, 0.2) is 47.6 Å². The molecule has 15 unspecified atom stereocenters. The highest BCUT2D eigenvalue weighted by atomic mass is 35.5. The molecular formula is C82H102Cl2N6O27. The van der Waals surface area contributed by atoms with Gasteiger partial charge in [0, 0.05) is 73.0 Å². The number of benzene rings is 5. The number of hydrogen-bond donors (Lipinski definition) is 17. The molecule has 2 saturated heterocycles. The fourth-order valence-corrected chi connectivity index (χ4v) is 15.8. The van der Waals surface area contributed by atoms with Crippen LogP contribution >= 0.6 is 23.2 Å². The van der Waals surface area contributed by atoms with Crippen LogP contribution in [0.3, 0.4) is 0 Å². The number of carboxylic acid groups (broad SMARTS) is 2. The number of aromatic hydroxyl groups is 3. The summed E-state index contributed by atoms with van der Waals surface area (Å²) in [6, 6.07) is 5.43. The van der Waals surface area contributed by atoms with Gasteiger partial charge in [-0.15, -0.1) is 0 Å². The molecule has 7 heterocycles. The second-order valence-electron chi connectivity index (χ2n) is 31.0. The molecule has 2 fully saturated rings. The minimum absolute atomic E-state index is 0.0331. The number of ketones is 2. The number of carboxylic acids is 2. The SMILES string of the molecule is CCCCCCCCCCOC(CNC1(C)CC(OC2C(Oc3c4cc5cc3Oc3ccc(cc3Cl)[C@@H](O)[C@@H]3NC(=O)C(CC(=O)C5NC(=O)C(CC(N)=O)CC(=O)[C@@H](NC(=O)[C@H](CC)CC(C)C)C(O)c5ccc(c(Cl)c5)O4)c4ccc(O)c(c4)-c4c(O)cc(O)cc4C(C(=O)O)NC3=O)OC(CO)C(O)C2O)OC(C)C1O)C(=O)O. The van der Waals surface area contributed by atoms with Crippen molar-refractivity contribution in [3.63, 3.8) is 0 Å². The molecule has 35 heteroatoms. The molecule has 12 rings (SSSR count). The van der Waals surface area contributed by atoms with Crippen molar-refractivity contribution in [2.45, 2.75) is 235 Å². The number of aliphatic hydroxyl groups excluding tert-OH is 6. The van der Waals surface area contributed by atoms with Crippen molar-refractivity contribution in [1.82, 2.24) is 26.6 Å². The van der Waals surface area contributed by atoms with Gasteiger partial charge in [0.2, 0.25) is 41.6 Å². The first kappa shape index (κ1) is 90.0. The average Bonchev–Trinajstić information content (AvgIpc) is 0.769. The summed E-state index contributed by atoms with van der Waals surface area (Å²) >= 11 is 14.3. The smallest absolute Gasteiger partial charge is 0.334 e. The standard InChI is InChI=1S/C82H102Cl2N6O27/c1-7-9-10-11-12-13-14-15-22-111-59(79(107)108)35-86-82(6)34-62(112-38(5)74(82)102)116-73-71(101)70(100)60(36-91)115-81(73)117-72-57-28-43-29-58(72)114-56-21-18-42(26-50(56)84)69(99)67-78(106)88-65(80(109)110)48-31-45(92)32-52(94)63(48)47-24-40(16-19-51(47)93)46(77(105)90-67)33-54(96)64(43)87-76(104)44(30-61(85)97)27-53(95)66(89-75(103)39(8-2)23-37(3)4)68(98)41-17-20-55(113-57)49(83)25-41/h16-21,24-26,28-29,31-32,37-39,44,46,59-60,62,64-71,73-74,81,86,91-94,98-102H,7-15,22-23,27,30,33-36H2,1-6H3,(H2,85,97)(H,87,104)(H,88,106)(H,89,103)(H,90,105)(H,107,108)(H,109,110)/t38?,39-,44?,46?,59?,60?,62?,64?,65?,66-,67+,68?,69-,70?,71?,73?,74?,81?,82?/m1/s1. The molecule has 5 aromatic rings. The van der Waals surface area contributed by atoms with Gasteiger partial charge in [-0.3, -0.25) is 33.6 Å². The molecule has 0 aromatic heterocycles. The van der Waals surface area contributed by atoms with E-state index in [1.54, 1.807) is 13.8 Å². The van der Waals surface area contributed by atoms with Crippen molar-refractivity contribution in [2.24, 2.45) is 23.5 Å². The number of Topliss-reactive ketones (excluding diaryl/α,β-unsaturated/α-hetero) is 2.